The Bertz CT molecular complexity index is 696. The molecule has 0 aliphatic rings. The highest BCUT2D eigenvalue weighted by molar-refractivity contribution is 6.05. The Morgan fingerprint density at radius 1 is 1.42 bits per heavy atom. The highest BCUT2D eigenvalue weighted by Gasteiger charge is 2.09. The van der Waals surface area contributed by atoms with E-state index in [1.54, 1.807) is 35.8 Å². The van der Waals surface area contributed by atoms with Crippen LogP contribution in [0.15, 0.2) is 28.7 Å². The monoisotopic (exact) mass is 254 g/mol. The lowest BCUT2D eigenvalue weighted by atomic mass is 10.2. The number of rotatable bonds is 3. The van der Waals surface area contributed by atoms with E-state index in [4.69, 9.17) is 9.68 Å². The Kier molecular flexibility index (Phi) is 3.39. The molecule has 4 nitrogen and oxygen atoms in total. The lowest BCUT2D eigenvalue weighted by molar-refractivity contribution is 0.102. The molecule has 0 atom stereocenters. The summed E-state index contributed by atoms with van der Waals surface area (Å²) in [5.41, 5.74) is 2.37. The van der Waals surface area contributed by atoms with Gasteiger partial charge in [0.25, 0.3) is 0 Å². The van der Waals surface area contributed by atoms with Gasteiger partial charge in [0.15, 0.2) is 5.76 Å². The zero-order valence-corrected chi connectivity index (χ0v) is 11.1. The minimum absolute atomic E-state index is 0.185. The van der Waals surface area contributed by atoms with Crippen molar-refractivity contribution in [3.05, 3.63) is 52.7 Å². The summed E-state index contributed by atoms with van der Waals surface area (Å²) >= 11 is 0. The largest absolute Gasteiger partial charge is 0.458 e. The molecule has 2 aromatic heterocycles. The Morgan fingerprint density at radius 2 is 2.16 bits per heavy atom. The number of hydrogen-bond acceptors (Lipinski definition) is 3. The average molecular weight is 254 g/mol. The molecular formula is C15H14N2O2. The van der Waals surface area contributed by atoms with Crippen LogP contribution < -0.4 is 0 Å². The van der Waals surface area contributed by atoms with E-state index >= 15 is 0 Å². The van der Waals surface area contributed by atoms with E-state index in [0.29, 0.717) is 17.2 Å². The predicted molar refractivity (Wildman–Crippen MR) is 71.7 cm³/mol. The van der Waals surface area contributed by atoms with E-state index in [1.807, 2.05) is 14.0 Å². The zero-order chi connectivity index (χ0) is 14.0. The van der Waals surface area contributed by atoms with E-state index in [1.165, 1.54) is 6.08 Å². The molecule has 0 fully saturated rings. The molecule has 0 aromatic carbocycles. The lowest BCUT2D eigenvalue weighted by Crippen LogP contribution is -1.94. The first-order valence-corrected chi connectivity index (χ1v) is 5.88. The molecule has 0 spiro atoms. The summed E-state index contributed by atoms with van der Waals surface area (Å²) in [6.45, 7) is 3.70. The summed E-state index contributed by atoms with van der Waals surface area (Å²) in [6.07, 6.45) is 3.16. The van der Waals surface area contributed by atoms with Gasteiger partial charge in [0, 0.05) is 12.7 Å². The van der Waals surface area contributed by atoms with Crippen molar-refractivity contribution in [3.63, 3.8) is 0 Å². The third kappa shape index (κ3) is 2.50. The first-order chi connectivity index (χ1) is 9.02. The lowest BCUT2D eigenvalue weighted by Gasteiger charge is -1.97. The molecule has 0 amide bonds. The van der Waals surface area contributed by atoms with Crippen LogP contribution in [0.4, 0.5) is 0 Å². The quantitative estimate of drug-likeness (QED) is 0.625. The van der Waals surface area contributed by atoms with Crippen molar-refractivity contribution in [1.82, 2.24) is 4.57 Å². The zero-order valence-electron chi connectivity index (χ0n) is 11.1. The van der Waals surface area contributed by atoms with Crippen molar-refractivity contribution >= 4 is 11.9 Å². The standard InChI is InChI=1S/C15H14N2O2/c1-10-4-7-15(19-10)14(18)6-5-12-8-13(9-16)17(3)11(12)2/h4-8H,1-3H3. The summed E-state index contributed by atoms with van der Waals surface area (Å²) < 4.78 is 7.05. The SMILES string of the molecule is Cc1ccc(C(=O)C=Cc2cc(C#N)n(C)c2C)o1. The van der Waals surface area contributed by atoms with Gasteiger partial charge in [-0.25, -0.2) is 0 Å². The molecule has 0 saturated heterocycles. The molecule has 0 bridgehead atoms. The Hall–Kier alpha value is -2.54. The van der Waals surface area contributed by atoms with Gasteiger partial charge < -0.3 is 8.98 Å². The van der Waals surface area contributed by atoms with Crippen LogP contribution in [-0.4, -0.2) is 10.4 Å². The van der Waals surface area contributed by atoms with Crippen LogP contribution in [0.2, 0.25) is 0 Å². The maximum atomic E-state index is 11.9. The van der Waals surface area contributed by atoms with Gasteiger partial charge in [0.2, 0.25) is 5.78 Å². The molecule has 2 heterocycles. The third-order valence-electron chi connectivity index (χ3n) is 3.09. The van der Waals surface area contributed by atoms with Crippen LogP contribution in [0.3, 0.4) is 0 Å². The summed E-state index contributed by atoms with van der Waals surface area (Å²) in [6, 6.07) is 7.27. The Balaban J connectivity index is 2.24. The number of furan rings is 1. The molecule has 19 heavy (non-hydrogen) atoms. The molecule has 4 heteroatoms. The number of aromatic nitrogens is 1. The molecular weight excluding hydrogens is 240 g/mol. The van der Waals surface area contributed by atoms with Crippen LogP contribution in [0.25, 0.3) is 6.08 Å². The molecule has 0 N–H and O–H groups in total. The minimum atomic E-state index is -0.185. The topological polar surface area (TPSA) is 58.9 Å². The second-order valence-electron chi connectivity index (χ2n) is 4.35. The van der Waals surface area contributed by atoms with Crippen LogP contribution in [-0.2, 0) is 7.05 Å². The third-order valence-corrected chi connectivity index (χ3v) is 3.09. The number of carbonyl (C=O) groups is 1. The number of nitriles is 1. The van der Waals surface area contributed by atoms with Gasteiger partial charge in [-0.3, -0.25) is 4.79 Å². The summed E-state index contributed by atoms with van der Waals surface area (Å²) in [7, 11) is 1.82. The molecule has 0 aliphatic heterocycles. The van der Waals surface area contributed by atoms with Crippen molar-refractivity contribution in [3.8, 4) is 6.07 Å². The summed E-state index contributed by atoms with van der Waals surface area (Å²) in [5, 5.41) is 8.94. The first-order valence-electron chi connectivity index (χ1n) is 5.88. The number of carbonyl (C=O) groups excluding carboxylic acids is 1. The van der Waals surface area contributed by atoms with Crippen LogP contribution >= 0.6 is 0 Å². The number of allylic oxidation sites excluding steroid dienone is 1. The molecule has 2 aromatic rings. The van der Waals surface area contributed by atoms with Crippen LogP contribution in [0.1, 0.15) is 33.3 Å². The number of nitrogens with zero attached hydrogens (tertiary/aromatic N) is 2. The number of aryl methyl sites for hydroxylation is 1. The summed E-state index contributed by atoms with van der Waals surface area (Å²) in [4.78, 5) is 11.9. The second-order valence-corrected chi connectivity index (χ2v) is 4.35. The highest BCUT2D eigenvalue weighted by atomic mass is 16.3. The van der Waals surface area contributed by atoms with Gasteiger partial charge in [-0.05, 0) is 49.8 Å². The Labute approximate surface area is 111 Å². The molecule has 96 valence electrons. The van der Waals surface area contributed by atoms with Gasteiger partial charge in [0.1, 0.15) is 17.5 Å². The fourth-order valence-electron chi connectivity index (χ4n) is 1.81. The van der Waals surface area contributed by atoms with Crippen molar-refractivity contribution in [2.24, 2.45) is 7.05 Å². The first kappa shape index (κ1) is 12.9. The molecule has 0 aliphatic carbocycles. The molecule has 0 radical (unpaired) electrons. The predicted octanol–water partition coefficient (Wildman–Crippen LogP) is 3.00. The van der Waals surface area contributed by atoms with Crippen LogP contribution in [0, 0.1) is 25.2 Å². The second kappa shape index (κ2) is 4.99. The van der Waals surface area contributed by atoms with Gasteiger partial charge in [-0.1, -0.05) is 0 Å². The van der Waals surface area contributed by atoms with Gasteiger partial charge >= 0.3 is 0 Å². The molecule has 0 unspecified atom stereocenters. The van der Waals surface area contributed by atoms with Gasteiger partial charge in [-0.2, -0.15) is 5.26 Å². The van der Waals surface area contributed by atoms with E-state index in [-0.39, 0.29) is 5.78 Å². The van der Waals surface area contributed by atoms with Crippen molar-refractivity contribution in [2.45, 2.75) is 13.8 Å². The number of hydrogen-bond donors (Lipinski definition) is 0. The fourth-order valence-corrected chi connectivity index (χ4v) is 1.81. The molecule has 2 rings (SSSR count). The van der Waals surface area contributed by atoms with E-state index in [9.17, 15) is 4.79 Å². The van der Waals surface area contributed by atoms with Crippen LogP contribution in [0.5, 0.6) is 0 Å². The van der Waals surface area contributed by atoms with Crippen molar-refractivity contribution in [1.29, 1.82) is 5.26 Å². The maximum Gasteiger partial charge on any atom is 0.221 e. The number of ketones is 1. The normalized spacial score (nSPS) is 10.8. The smallest absolute Gasteiger partial charge is 0.221 e. The fraction of sp³-hybridized carbons (Fsp3) is 0.200. The van der Waals surface area contributed by atoms with Crippen molar-refractivity contribution in [2.75, 3.05) is 0 Å². The van der Waals surface area contributed by atoms with E-state index in [0.717, 1.165) is 11.3 Å². The average Bonchev–Trinajstić information content (AvgIpc) is 2.94. The van der Waals surface area contributed by atoms with E-state index in [2.05, 4.69) is 6.07 Å². The maximum absolute atomic E-state index is 11.9. The Morgan fingerprint density at radius 3 is 2.68 bits per heavy atom. The van der Waals surface area contributed by atoms with E-state index < -0.39 is 0 Å². The summed E-state index contributed by atoms with van der Waals surface area (Å²) in [5.74, 6) is 0.845. The van der Waals surface area contributed by atoms with Gasteiger partial charge in [0.05, 0.1) is 0 Å². The van der Waals surface area contributed by atoms with Gasteiger partial charge in [-0.15, -0.1) is 0 Å². The van der Waals surface area contributed by atoms with Crippen molar-refractivity contribution < 1.29 is 9.21 Å². The minimum Gasteiger partial charge on any atom is -0.458 e. The molecule has 0 saturated carbocycles. The highest BCUT2D eigenvalue weighted by Crippen LogP contribution is 2.16.